The van der Waals surface area contributed by atoms with Crippen LogP contribution in [0.3, 0.4) is 0 Å². The van der Waals surface area contributed by atoms with E-state index in [1.165, 1.54) is 6.42 Å². The molecule has 1 fully saturated rings. The number of rotatable bonds is 4. The van der Waals surface area contributed by atoms with Gasteiger partial charge in [-0.15, -0.1) is 0 Å². The van der Waals surface area contributed by atoms with Gasteiger partial charge in [-0.25, -0.2) is 0 Å². The van der Waals surface area contributed by atoms with Gasteiger partial charge in [-0.3, -0.25) is 4.79 Å². The number of phenolic OH excluding ortho intramolecular Hbond substituents is 1. The SMILES string of the molecule is CSC1(CNC(=O)c2ccc(C)cc2O)CCC1. The molecule has 98 valence electrons. The lowest BCUT2D eigenvalue weighted by Crippen LogP contribution is -2.45. The van der Waals surface area contributed by atoms with Gasteiger partial charge >= 0.3 is 0 Å². The van der Waals surface area contributed by atoms with Crippen LogP contribution in [0.1, 0.15) is 35.2 Å². The highest BCUT2D eigenvalue weighted by molar-refractivity contribution is 8.00. The number of aromatic hydroxyl groups is 1. The Kier molecular flexibility index (Phi) is 3.85. The first-order valence-corrected chi connectivity index (χ1v) is 7.42. The van der Waals surface area contributed by atoms with Gasteiger partial charge in [-0.2, -0.15) is 11.8 Å². The van der Waals surface area contributed by atoms with Crippen LogP contribution in [0.2, 0.25) is 0 Å². The number of phenols is 1. The zero-order valence-corrected chi connectivity index (χ0v) is 11.6. The van der Waals surface area contributed by atoms with Crippen molar-refractivity contribution in [1.29, 1.82) is 0 Å². The minimum Gasteiger partial charge on any atom is -0.507 e. The van der Waals surface area contributed by atoms with Crippen molar-refractivity contribution in [1.82, 2.24) is 5.32 Å². The molecule has 0 radical (unpaired) electrons. The summed E-state index contributed by atoms with van der Waals surface area (Å²) in [6.07, 6.45) is 5.66. The number of carbonyl (C=O) groups excluding carboxylic acids is 1. The van der Waals surface area contributed by atoms with Gasteiger partial charge in [0.05, 0.1) is 5.56 Å². The summed E-state index contributed by atoms with van der Waals surface area (Å²) in [5.41, 5.74) is 1.31. The number of benzene rings is 1. The highest BCUT2D eigenvalue weighted by Crippen LogP contribution is 2.42. The summed E-state index contributed by atoms with van der Waals surface area (Å²) in [5.74, 6) is -0.132. The second-order valence-electron chi connectivity index (χ2n) is 4.94. The predicted molar refractivity (Wildman–Crippen MR) is 75.3 cm³/mol. The standard InChI is InChI=1S/C14H19NO2S/c1-10-4-5-11(12(16)8-10)13(17)15-9-14(18-2)6-3-7-14/h4-5,8,16H,3,6-7,9H2,1-2H3,(H,15,17). The molecule has 0 heterocycles. The summed E-state index contributed by atoms with van der Waals surface area (Å²) in [7, 11) is 0. The van der Waals surface area contributed by atoms with E-state index in [1.54, 1.807) is 12.1 Å². The fourth-order valence-electron chi connectivity index (χ4n) is 2.19. The molecule has 1 aromatic carbocycles. The second kappa shape index (κ2) is 5.22. The number of amides is 1. The monoisotopic (exact) mass is 265 g/mol. The van der Waals surface area contributed by atoms with E-state index in [0.29, 0.717) is 12.1 Å². The van der Waals surface area contributed by atoms with Crippen LogP contribution >= 0.6 is 11.8 Å². The summed E-state index contributed by atoms with van der Waals surface area (Å²) >= 11 is 1.83. The number of hydrogen-bond donors (Lipinski definition) is 2. The van der Waals surface area contributed by atoms with Crippen LogP contribution < -0.4 is 5.32 Å². The summed E-state index contributed by atoms with van der Waals surface area (Å²) in [6.45, 7) is 2.57. The molecule has 2 N–H and O–H groups in total. The summed E-state index contributed by atoms with van der Waals surface area (Å²) in [4.78, 5) is 12.0. The summed E-state index contributed by atoms with van der Waals surface area (Å²) in [6, 6.07) is 5.12. The number of nitrogens with one attached hydrogen (secondary N) is 1. The largest absolute Gasteiger partial charge is 0.507 e. The predicted octanol–water partition coefficient (Wildman–Crippen LogP) is 2.72. The smallest absolute Gasteiger partial charge is 0.255 e. The quantitative estimate of drug-likeness (QED) is 0.880. The molecule has 0 aromatic heterocycles. The number of aryl methyl sites for hydroxylation is 1. The molecule has 0 bridgehead atoms. The minimum atomic E-state index is -0.187. The second-order valence-corrected chi connectivity index (χ2v) is 6.22. The molecule has 1 aliphatic carbocycles. The Bertz CT molecular complexity index is 450. The Morgan fingerprint density at radius 1 is 1.50 bits per heavy atom. The molecule has 2 rings (SSSR count). The average Bonchev–Trinajstić information content (AvgIpc) is 2.27. The van der Waals surface area contributed by atoms with Gasteiger partial charge in [0.2, 0.25) is 0 Å². The van der Waals surface area contributed by atoms with Crippen LogP contribution in [0, 0.1) is 6.92 Å². The molecule has 0 saturated heterocycles. The molecular formula is C14H19NO2S. The molecule has 18 heavy (non-hydrogen) atoms. The van der Waals surface area contributed by atoms with Gasteiger partial charge < -0.3 is 10.4 Å². The molecule has 0 aliphatic heterocycles. The first-order valence-electron chi connectivity index (χ1n) is 6.19. The van der Waals surface area contributed by atoms with Crippen molar-refractivity contribution >= 4 is 17.7 Å². The Hall–Kier alpha value is -1.16. The van der Waals surface area contributed by atoms with Crippen molar-refractivity contribution in [3.63, 3.8) is 0 Å². The summed E-state index contributed by atoms with van der Waals surface area (Å²) < 4.78 is 0.218. The number of thioether (sulfide) groups is 1. The third-order valence-corrected chi connectivity index (χ3v) is 5.09. The summed E-state index contributed by atoms with van der Waals surface area (Å²) in [5, 5.41) is 12.7. The van der Waals surface area contributed by atoms with Crippen molar-refractivity contribution in [2.75, 3.05) is 12.8 Å². The third-order valence-electron chi connectivity index (χ3n) is 3.67. The lowest BCUT2D eigenvalue weighted by Gasteiger charge is -2.40. The fourth-order valence-corrected chi connectivity index (χ4v) is 3.11. The van der Waals surface area contributed by atoms with Gasteiger partial charge in [0, 0.05) is 11.3 Å². The molecular weight excluding hydrogens is 246 g/mol. The fraction of sp³-hybridized carbons (Fsp3) is 0.500. The van der Waals surface area contributed by atoms with E-state index in [4.69, 9.17) is 0 Å². The lowest BCUT2D eigenvalue weighted by atomic mass is 9.84. The van der Waals surface area contributed by atoms with Gasteiger partial charge in [0.1, 0.15) is 5.75 Å². The highest BCUT2D eigenvalue weighted by Gasteiger charge is 2.36. The van der Waals surface area contributed by atoms with E-state index in [0.717, 1.165) is 18.4 Å². The average molecular weight is 265 g/mol. The van der Waals surface area contributed by atoms with E-state index < -0.39 is 0 Å². The third kappa shape index (κ3) is 2.64. The maximum Gasteiger partial charge on any atom is 0.255 e. The van der Waals surface area contributed by atoms with Crippen LogP contribution in [-0.4, -0.2) is 28.6 Å². The number of carbonyl (C=O) groups is 1. The van der Waals surface area contributed by atoms with E-state index in [-0.39, 0.29) is 16.4 Å². The van der Waals surface area contributed by atoms with Gasteiger partial charge in [-0.05, 0) is 43.7 Å². The van der Waals surface area contributed by atoms with Crippen molar-refractivity contribution in [2.24, 2.45) is 0 Å². The maximum atomic E-state index is 12.0. The zero-order valence-electron chi connectivity index (χ0n) is 10.8. The van der Waals surface area contributed by atoms with Crippen molar-refractivity contribution in [3.8, 4) is 5.75 Å². The highest BCUT2D eigenvalue weighted by atomic mass is 32.2. The Balaban J connectivity index is 1.99. The molecule has 0 unspecified atom stereocenters. The first kappa shape index (κ1) is 13.3. The Morgan fingerprint density at radius 3 is 2.72 bits per heavy atom. The zero-order chi connectivity index (χ0) is 13.2. The van der Waals surface area contributed by atoms with Crippen LogP contribution in [0.4, 0.5) is 0 Å². The van der Waals surface area contributed by atoms with Crippen LogP contribution in [0.15, 0.2) is 18.2 Å². The molecule has 1 saturated carbocycles. The Morgan fingerprint density at radius 2 is 2.22 bits per heavy atom. The van der Waals surface area contributed by atoms with E-state index in [1.807, 2.05) is 24.8 Å². The van der Waals surface area contributed by atoms with E-state index in [2.05, 4.69) is 11.6 Å². The van der Waals surface area contributed by atoms with E-state index >= 15 is 0 Å². The number of hydrogen-bond acceptors (Lipinski definition) is 3. The first-order chi connectivity index (χ1) is 8.56. The van der Waals surface area contributed by atoms with Gasteiger partial charge in [0.25, 0.3) is 5.91 Å². The molecule has 0 atom stereocenters. The Labute approximate surface area is 112 Å². The van der Waals surface area contributed by atoms with Crippen molar-refractivity contribution in [3.05, 3.63) is 29.3 Å². The molecule has 0 spiro atoms. The van der Waals surface area contributed by atoms with Gasteiger partial charge in [-0.1, -0.05) is 12.5 Å². The normalized spacial score (nSPS) is 17.0. The van der Waals surface area contributed by atoms with Gasteiger partial charge in [0.15, 0.2) is 0 Å². The topological polar surface area (TPSA) is 49.3 Å². The maximum absolute atomic E-state index is 12.0. The van der Waals surface area contributed by atoms with Crippen molar-refractivity contribution in [2.45, 2.75) is 30.9 Å². The molecule has 4 heteroatoms. The minimum absolute atomic E-state index is 0.0549. The van der Waals surface area contributed by atoms with Crippen LogP contribution in [0.25, 0.3) is 0 Å². The molecule has 1 amide bonds. The van der Waals surface area contributed by atoms with Crippen LogP contribution in [-0.2, 0) is 0 Å². The van der Waals surface area contributed by atoms with Crippen LogP contribution in [0.5, 0.6) is 5.75 Å². The van der Waals surface area contributed by atoms with E-state index in [9.17, 15) is 9.90 Å². The van der Waals surface area contributed by atoms with Crippen molar-refractivity contribution < 1.29 is 9.90 Å². The lowest BCUT2D eigenvalue weighted by molar-refractivity contribution is 0.0941. The molecule has 1 aliphatic rings. The molecule has 1 aromatic rings. The molecule has 3 nitrogen and oxygen atoms in total.